The second kappa shape index (κ2) is 10.4. The average Bonchev–Trinajstić information content (AvgIpc) is 2.90. The third kappa shape index (κ3) is 4.78. The van der Waals surface area contributed by atoms with Crippen molar-refractivity contribution in [3.8, 4) is 28.1 Å². The lowest BCUT2D eigenvalue weighted by Gasteiger charge is -2.15. The van der Waals surface area contributed by atoms with E-state index in [0.717, 1.165) is 9.13 Å². The molecular formula is C26H20Cl2N4O5. The number of aldehydes is 1. The highest BCUT2D eigenvalue weighted by molar-refractivity contribution is 6.39. The topological polar surface area (TPSA) is 112 Å². The first-order valence-corrected chi connectivity index (χ1v) is 11.6. The molecular weight excluding hydrogens is 519 g/mol. The van der Waals surface area contributed by atoms with E-state index in [0.29, 0.717) is 45.0 Å². The number of aromatic nitrogens is 3. The normalized spacial score (nSPS) is 10.7. The molecule has 4 rings (SSSR count). The highest BCUT2D eigenvalue weighted by atomic mass is 35.5. The molecule has 188 valence electrons. The Kier molecular flexibility index (Phi) is 7.28. The second-order valence-corrected chi connectivity index (χ2v) is 8.77. The summed E-state index contributed by atoms with van der Waals surface area (Å²) in [6.07, 6.45) is 3.23. The van der Waals surface area contributed by atoms with Gasteiger partial charge in [-0.3, -0.25) is 23.9 Å². The van der Waals surface area contributed by atoms with Crippen LogP contribution in [-0.2, 0) is 14.1 Å². The second-order valence-electron chi connectivity index (χ2n) is 8.02. The number of halogens is 2. The fraction of sp³-hybridized carbons (Fsp3) is 0.115. The van der Waals surface area contributed by atoms with Gasteiger partial charge in [0.25, 0.3) is 11.5 Å². The summed E-state index contributed by atoms with van der Waals surface area (Å²) in [7, 11) is 4.19. The molecule has 0 aliphatic carbocycles. The van der Waals surface area contributed by atoms with Gasteiger partial charge in [0.1, 0.15) is 11.3 Å². The Morgan fingerprint density at radius 1 is 1.03 bits per heavy atom. The number of hydrogen-bond acceptors (Lipinski definition) is 6. The predicted molar refractivity (Wildman–Crippen MR) is 142 cm³/mol. The molecule has 0 bridgehead atoms. The molecule has 0 fully saturated rings. The van der Waals surface area contributed by atoms with Crippen molar-refractivity contribution in [1.82, 2.24) is 14.1 Å². The Morgan fingerprint density at radius 2 is 1.68 bits per heavy atom. The maximum absolute atomic E-state index is 12.9. The molecule has 0 spiro atoms. The zero-order chi connectivity index (χ0) is 26.9. The Morgan fingerprint density at radius 3 is 2.35 bits per heavy atom. The van der Waals surface area contributed by atoms with Crippen LogP contribution in [-0.4, -0.2) is 33.4 Å². The van der Waals surface area contributed by atoms with E-state index in [9.17, 15) is 19.2 Å². The number of hydrogen-bond donors (Lipinski definition) is 1. The standard InChI is InChI=1S/C26H20Cl2N4O5/c1-31-12-18(25(35)32(2)26(31)36)24(34)30-19-9-5-7-16(23(19)28)15-6-4-8-17(22(15)27)20-10-21(37-3)14(13-33)11-29-20/h4-13H,1-3H3,(H,30,34). The van der Waals surface area contributed by atoms with E-state index in [-0.39, 0.29) is 16.3 Å². The number of methoxy groups -OCH3 is 1. The van der Waals surface area contributed by atoms with Gasteiger partial charge in [-0.25, -0.2) is 4.79 Å². The summed E-state index contributed by atoms with van der Waals surface area (Å²) in [5.41, 5.74) is 1.21. The monoisotopic (exact) mass is 538 g/mol. The minimum absolute atomic E-state index is 0.193. The molecule has 2 aromatic heterocycles. The van der Waals surface area contributed by atoms with E-state index in [1.807, 2.05) is 0 Å². The third-order valence-corrected chi connectivity index (χ3v) is 6.56. The minimum Gasteiger partial charge on any atom is -0.496 e. The van der Waals surface area contributed by atoms with E-state index in [4.69, 9.17) is 27.9 Å². The Hall–Kier alpha value is -4.21. The van der Waals surface area contributed by atoms with Gasteiger partial charge in [0.05, 0.1) is 34.1 Å². The predicted octanol–water partition coefficient (Wildman–Crippen LogP) is 4.19. The number of nitrogens with zero attached hydrogens (tertiary/aromatic N) is 3. The zero-order valence-electron chi connectivity index (χ0n) is 19.9. The van der Waals surface area contributed by atoms with Crippen LogP contribution in [0.4, 0.5) is 5.69 Å². The highest BCUT2D eigenvalue weighted by Gasteiger charge is 2.19. The van der Waals surface area contributed by atoms with Crippen molar-refractivity contribution in [2.45, 2.75) is 0 Å². The first kappa shape index (κ1) is 25.9. The van der Waals surface area contributed by atoms with Crippen LogP contribution in [0.25, 0.3) is 22.4 Å². The lowest BCUT2D eigenvalue weighted by Crippen LogP contribution is -2.40. The SMILES string of the molecule is COc1cc(-c2cccc(-c3cccc(NC(=O)c4cn(C)c(=O)n(C)c4=O)c3Cl)c2Cl)ncc1C=O. The van der Waals surface area contributed by atoms with Gasteiger partial charge in [-0.05, 0) is 6.07 Å². The molecule has 4 aromatic rings. The first-order valence-electron chi connectivity index (χ1n) is 10.8. The van der Waals surface area contributed by atoms with Crippen LogP contribution in [0.5, 0.6) is 5.75 Å². The number of benzene rings is 2. The van der Waals surface area contributed by atoms with Gasteiger partial charge in [0.15, 0.2) is 6.29 Å². The Labute approximate surface area is 220 Å². The zero-order valence-corrected chi connectivity index (χ0v) is 21.4. The summed E-state index contributed by atoms with van der Waals surface area (Å²) in [4.78, 5) is 52.8. The maximum atomic E-state index is 12.9. The van der Waals surface area contributed by atoms with Crippen LogP contribution in [0.2, 0.25) is 10.0 Å². The number of amides is 1. The fourth-order valence-electron chi connectivity index (χ4n) is 3.79. The number of anilines is 1. The fourth-order valence-corrected chi connectivity index (χ4v) is 4.39. The molecule has 1 N–H and O–H groups in total. The maximum Gasteiger partial charge on any atom is 0.330 e. The summed E-state index contributed by atoms with van der Waals surface area (Å²) < 4.78 is 7.27. The summed E-state index contributed by atoms with van der Waals surface area (Å²) in [5.74, 6) is -0.365. The number of aryl methyl sites for hydroxylation is 1. The summed E-state index contributed by atoms with van der Waals surface area (Å²) in [6.45, 7) is 0. The van der Waals surface area contributed by atoms with E-state index in [1.54, 1.807) is 42.5 Å². The molecule has 0 radical (unpaired) electrons. The van der Waals surface area contributed by atoms with Crippen molar-refractivity contribution in [2.75, 3.05) is 12.4 Å². The van der Waals surface area contributed by atoms with Gasteiger partial charge < -0.3 is 14.6 Å². The van der Waals surface area contributed by atoms with Crippen molar-refractivity contribution >= 4 is 41.1 Å². The Bertz CT molecular complexity index is 1680. The van der Waals surface area contributed by atoms with Crippen LogP contribution in [0.3, 0.4) is 0 Å². The molecule has 2 heterocycles. The van der Waals surface area contributed by atoms with Crippen molar-refractivity contribution in [3.05, 3.63) is 96.9 Å². The van der Waals surface area contributed by atoms with Gasteiger partial charge in [-0.1, -0.05) is 53.5 Å². The molecule has 9 nitrogen and oxygen atoms in total. The number of pyridine rings is 1. The molecule has 0 atom stereocenters. The summed E-state index contributed by atoms with van der Waals surface area (Å²) >= 11 is 13.4. The smallest absolute Gasteiger partial charge is 0.330 e. The number of ether oxygens (including phenoxy) is 1. The summed E-state index contributed by atoms with van der Waals surface area (Å²) in [5, 5.41) is 3.17. The molecule has 2 aromatic carbocycles. The van der Waals surface area contributed by atoms with Gasteiger partial charge >= 0.3 is 5.69 Å². The molecule has 1 amide bonds. The quantitative estimate of drug-likeness (QED) is 0.368. The van der Waals surface area contributed by atoms with Gasteiger partial charge in [-0.2, -0.15) is 0 Å². The molecule has 0 aliphatic heterocycles. The number of nitrogens with one attached hydrogen (secondary N) is 1. The average molecular weight is 539 g/mol. The highest BCUT2D eigenvalue weighted by Crippen LogP contribution is 2.41. The van der Waals surface area contributed by atoms with Crippen molar-refractivity contribution in [2.24, 2.45) is 14.1 Å². The molecule has 0 unspecified atom stereocenters. The van der Waals surface area contributed by atoms with Gasteiger partial charge in [-0.15, -0.1) is 0 Å². The number of rotatable bonds is 6. The van der Waals surface area contributed by atoms with Crippen LogP contribution < -0.4 is 21.3 Å². The van der Waals surface area contributed by atoms with Crippen LogP contribution in [0.1, 0.15) is 20.7 Å². The van der Waals surface area contributed by atoms with Crippen molar-refractivity contribution in [3.63, 3.8) is 0 Å². The molecule has 11 heteroatoms. The van der Waals surface area contributed by atoms with E-state index >= 15 is 0 Å². The molecule has 0 saturated carbocycles. The summed E-state index contributed by atoms with van der Waals surface area (Å²) in [6, 6.07) is 11.9. The van der Waals surface area contributed by atoms with Crippen LogP contribution >= 0.6 is 23.2 Å². The van der Waals surface area contributed by atoms with Crippen LogP contribution in [0.15, 0.2) is 64.4 Å². The van der Waals surface area contributed by atoms with Crippen LogP contribution in [0, 0.1) is 0 Å². The van der Waals surface area contributed by atoms with Crippen molar-refractivity contribution in [1.29, 1.82) is 0 Å². The van der Waals surface area contributed by atoms with E-state index < -0.39 is 17.2 Å². The largest absolute Gasteiger partial charge is 0.496 e. The molecule has 0 saturated heterocycles. The van der Waals surface area contributed by atoms with E-state index in [2.05, 4.69) is 10.3 Å². The minimum atomic E-state index is -0.729. The van der Waals surface area contributed by atoms with Gasteiger partial charge in [0.2, 0.25) is 0 Å². The first-order chi connectivity index (χ1) is 17.7. The molecule has 37 heavy (non-hydrogen) atoms. The lowest BCUT2D eigenvalue weighted by atomic mass is 10.00. The van der Waals surface area contributed by atoms with E-state index in [1.165, 1.54) is 33.6 Å². The molecule has 0 aliphatic rings. The number of carbonyl (C=O) groups excluding carboxylic acids is 2. The lowest BCUT2D eigenvalue weighted by molar-refractivity contribution is 0.102. The number of carbonyl (C=O) groups is 2. The van der Waals surface area contributed by atoms with Gasteiger partial charge in [0, 0.05) is 49.2 Å². The van der Waals surface area contributed by atoms with Crippen molar-refractivity contribution < 1.29 is 14.3 Å². The Balaban J connectivity index is 1.74. The third-order valence-electron chi connectivity index (χ3n) is 5.74.